The molecule has 0 spiro atoms. The van der Waals surface area contributed by atoms with Gasteiger partial charge in [0.15, 0.2) is 0 Å². The van der Waals surface area contributed by atoms with Gasteiger partial charge < -0.3 is 0 Å². The number of nitrogens with zero attached hydrogens (tertiary/aromatic N) is 3. The molecular formula is C2H6F2N4P3+. The normalized spacial score (nSPS) is 26.6. The van der Waals surface area contributed by atoms with Crippen molar-refractivity contribution in [1.29, 1.82) is 0 Å². The molecule has 0 saturated heterocycles. The summed E-state index contributed by atoms with van der Waals surface area (Å²) in [6.45, 7) is 2.30. The van der Waals surface area contributed by atoms with Gasteiger partial charge in [0.1, 0.15) is 8.52 Å². The first-order chi connectivity index (χ1) is 5.14. The smallest absolute Gasteiger partial charge is 0.148 e. The summed E-state index contributed by atoms with van der Waals surface area (Å²) in [5, 5.41) is 0. The van der Waals surface area contributed by atoms with Crippen LogP contribution in [-0.4, -0.2) is 6.54 Å². The summed E-state index contributed by atoms with van der Waals surface area (Å²) in [6.07, 6.45) is 0. The average molecular weight is 217 g/mol. The SMILES string of the molecule is CCN=[P+]1N=P(F)(F)N=PN1. The standard InChI is InChI=1S/C2H6F2N4P3/c1-2-5-10-6-9-7-11(3,4)8-10/h2H2,1H3,(H,5,6,7)/q+1. The fourth-order valence-corrected chi connectivity index (χ4v) is 4.27. The van der Waals surface area contributed by atoms with Crippen LogP contribution in [0.4, 0.5) is 8.39 Å². The Hall–Kier alpha value is 0.250. The van der Waals surface area contributed by atoms with Crippen molar-refractivity contribution < 1.29 is 8.39 Å². The van der Waals surface area contributed by atoms with Crippen LogP contribution < -0.4 is 4.86 Å². The lowest BCUT2D eigenvalue weighted by atomic mass is 10.8. The number of halogens is 2. The highest BCUT2D eigenvalue weighted by atomic mass is 31.3. The Labute approximate surface area is 65.7 Å². The molecule has 1 aliphatic heterocycles. The van der Waals surface area contributed by atoms with E-state index in [0.29, 0.717) is 6.54 Å². The Bertz CT molecular complexity index is 254. The van der Waals surface area contributed by atoms with E-state index in [4.69, 9.17) is 0 Å². The topological polar surface area (TPSA) is 49.1 Å². The molecule has 1 aliphatic rings. The van der Waals surface area contributed by atoms with E-state index in [0.717, 1.165) is 0 Å². The Morgan fingerprint density at radius 3 is 3.00 bits per heavy atom. The van der Waals surface area contributed by atoms with Crippen LogP contribution in [-0.2, 0) is 0 Å². The lowest BCUT2D eigenvalue weighted by molar-refractivity contribution is 0.727. The summed E-state index contributed by atoms with van der Waals surface area (Å²) < 4.78 is 35.0. The molecular weight excluding hydrogens is 211 g/mol. The summed E-state index contributed by atoms with van der Waals surface area (Å²) in [6, 6.07) is 0. The molecule has 0 saturated carbocycles. The summed E-state index contributed by atoms with van der Waals surface area (Å²) in [5.74, 6) is 0. The van der Waals surface area contributed by atoms with Crippen molar-refractivity contribution in [2.24, 2.45) is 13.8 Å². The monoisotopic (exact) mass is 217 g/mol. The van der Waals surface area contributed by atoms with Gasteiger partial charge >= 0.3 is 15.8 Å². The van der Waals surface area contributed by atoms with Gasteiger partial charge in [-0.05, 0) is 11.8 Å². The number of hydrogen-bond donors (Lipinski definition) is 1. The third kappa shape index (κ3) is 3.00. The fraction of sp³-hybridized carbons (Fsp3) is 1.00. The third-order valence-electron chi connectivity index (χ3n) is 0.754. The lowest BCUT2D eigenvalue weighted by Crippen LogP contribution is -1.82. The molecule has 11 heavy (non-hydrogen) atoms. The van der Waals surface area contributed by atoms with E-state index in [1.807, 2.05) is 0 Å². The number of hydrogen-bond acceptors (Lipinski definition) is 2. The van der Waals surface area contributed by atoms with Gasteiger partial charge in [-0.3, -0.25) is 0 Å². The van der Waals surface area contributed by atoms with Crippen molar-refractivity contribution in [2.45, 2.75) is 6.92 Å². The molecule has 0 amide bonds. The number of nitrogens with one attached hydrogen (secondary N) is 1. The molecule has 1 rings (SSSR count). The van der Waals surface area contributed by atoms with Gasteiger partial charge in [-0.1, -0.05) is 4.74 Å². The summed E-state index contributed by atoms with van der Waals surface area (Å²) in [7, 11) is -5.47. The molecule has 9 heteroatoms. The molecule has 1 unspecified atom stereocenters. The maximum atomic E-state index is 12.5. The van der Waals surface area contributed by atoms with E-state index in [1.165, 1.54) is 0 Å². The first kappa shape index (κ1) is 9.34. The molecule has 0 radical (unpaired) electrons. The molecule has 0 fully saturated rings. The highest BCUT2D eigenvalue weighted by Crippen LogP contribution is 2.63. The van der Waals surface area contributed by atoms with Gasteiger partial charge in [0, 0.05) is 4.52 Å². The van der Waals surface area contributed by atoms with Crippen molar-refractivity contribution >= 4 is 24.4 Å². The molecule has 1 heterocycles. The van der Waals surface area contributed by atoms with Crippen LogP contribution in [0.5, 0.6) is 0 Å². The van der Waals surface area contributed by atoms with Gasteiger partial charge in [0.2, 0.25) is 0 Å². The quantitative estimate of drug-likeness (QED) is 0.662. The zero-order valence-electron chi connectivity index (χ0n) is 5.65. The van der Waals surface area contributed by atoms with Crippen molar-refractivity contribution in [1.82, 2.24) is 4.86 Å². The average Bonchev–Trinajstić information content (AvgIpc) is 1.85. The van der Waals surface area contributed by atoms with Gasteiger partial charge in [0.25, 0.3) is 0 Å². The van der Waals surface area contributed by atoms with E-state index in [9.17, 15) is 8.39 Å². The largest absolute Gasteiger partial charge is 0.464 e. The minimum Gasteiger partial charge on any atom is -0.148 e. The van der Waals surface area contributed by atoms with Gasteiger partial charge in [-0.15, -0.1) is 12.9 Å². The van der Waals surface area contributed by atoms with Crippen LogP contribution in [0.15, 0.2) is 13.8 Å². The second kappa shape index (κ2) is 3.77. The predicted octanol–water partition coefficient (Wildman–Crippen LogP) is 4.04. The zero-order chi connectivity index (χ0) is 8.32. The third-order valence-corrected chi connectivity index (χ3v) is 5.14. The number of rotatable bonds is 1. The molecule has 0 bridgehead atoms. The van der Waals surface area contributed by atoms with Crippen LogP contribution in [0.25, 0.3) is 0 Å². The second-order valence-electron chi connectivity index (χ2n) is 1.58. The molecule has 0 aromatic carbocycles. The molecule has 1 N–H and O–H groups in total. The highest BCUT2D eigenvalue weighted by molar-refractivity contribution is 7.69. The Kier molecular flexibility index (Phi) is 3.20. The Balaban J connectivity index is 2.86. The van der Waals surface area contributed by atoms with E-state index in [1.54, 1.807) is 6.92 Å². The zero-order valence-corrected chi connectivity index (χ0v) is 8.33. The van der Waals surface area contributed by atoms with Crippen LogP contribution in [0.1, 0.15) is 6.92 Å². The van der Waals surface area contributed by atoms with Crippen LogP contribution >= 0.6 is 24.4 Å². The summed E-state index contributed by atoms with van der Waals surface area (Å²) in [5.41, 5.74) is 0. The minimum atomic E-state index is -4.31. The molecule has 62 valence electrons. The maximum Gasteiger partial charge on any atom is 0.464 e. The van der Waals surface area contributed by atoms with E-state index >= 15 is 0 Å². The van der Waals surface area contributed by atoms with Crippen molar-refractivity contribution in [3.05, 3.63) is 0 Å². The highest BCUT2D eigenvalue weighted by Gasteiger charge is 2.29. The molecule has 1 atom stereocenters. The molecule has 4 nitrogen and oxygen atoms in total. The van der Waals surface area contributed by atoms with Crippen LogP contribution in [0, 0.1) is 0 Å². The predicted molar refractivity (Wildman–Crippen MR) is 43.9 cm³/mol. The van der Waals surface area contributed by atoms with Gasteiger partial charge in [0.05, 0.1) is 6.54 Å². The molecule has 0 aromatic heterocycles. The summed E-state index contributed by atoms with van der Waals surface area (Å²) >= 11 is 0. The van der Waals surface area contributed by atoms with Crippen molar-refractivity contribution in [2.75, 3.05) is 6.54 Å². The van der Waals surface area contributed by atoms with E-state index in [-0.39, 0.29) is 8.52 Å². The first-order valence-corrected chi connectivity index (χ1v) is 6.38. The Morgan fingerprint density at radius 1 is 1.73 bits per heavy atom. The van der Waals surface area contributed by atoms with E-state index < -0.39 is 15.8 Å². The molecule has 0 aromatic rings. The minimum absolute atomic E-state index is 0.212. The first-order valence-electron chi connectivity index (χ1n) is 2.81. The molecule has 0 aliphatic carbocycles. The summed E-state index contributed by atoms with van der Waals surface area (Å²) in [4.78, 5) is 2.66. The Morgan fingerprint density at radius 2 is 2.45 bits per heavy atom. The maximum absolute atomic E-state index is 12.5. The van der Waals surface area contributed by atoms with Crippen LogP contribution in [0.2, 0.25) is 0 Å². The fourth-order valence-electron chi connectivity index (χ4n) is 0.447. The van der Waals surface area contributed by atoms with E-state index in [2.05, 4.69) is 18.6 Å². The lowest BCUT2D eigenvalue weighted by Gasteiger charge is -1.94. The van der Waals surface area contributed by atoms with Gasteiger partial charge in [-0.25, -0.2) is 0 Å². The van der Waals surface area contributed by atoms with Gasteiger partial charge in [-0.2, -0.15) is 0 Å². The van der Waals surface area contributed by atoms with Crippen molar-refractivity contribution in [3.63, 3.8) is 0 Å². The van der Waals surface area contributed by atoms with Crippen molar-refractivity contribution in [3.8, 4) is 0 Å². The van der Waals surface area contributed by atoms with Crippen LogP contribution in [0.3, 0.4) is 0 Å². The second-order valence-corrected chi connectivity index (χ2v) is 5.79.